The number of fused-ring (bicyclic) bond motifs is 1. The van der Waals surface area contributed by atoms with E-state index in [2.05, 4.69) is 5.32 Å². The van der Waals surface area contributed by atoms with Gasteiger partial charge >= 0.3 is 213 Å². The zero-order valence-corrected chi connectivity index (χ0v) is 22.9. The van der Waals surface area contributed by atoms with E-state index in [0.717, 1.165) is 5.56 Å². The van der Waals surface area contributed by atoms with Crippen LogP contribution in [0.2, 0.25) is 5.71 Å². The second-order valence-electron chi connectivity index (χ2n) is 8.08. The summed E-state index contributed by atoms with van der Waals surface area (Å²) in [5.74, 6) is 0.491. The average Bonchev–Trinajstić information content (AvgIpc) is 3.24. The number of rotatable bonds is 8. The average molecular weight is 573 g/mol. The van der Waals surface area contributed by atoms with Crippen LogP contribution in [0.4, 0.5) is 4.39 Å². The first-order valence-corrected chi connectivity index (χ1v) is 17.9. The van der Waals surface area contributed by atoms with Crippen molar-refractivity contribution in [2.45, 2.75) is 12.3 Å². The van der Waals surface area contributed by atoms with Gasteiger partial charge in [0, 0.05) is 0 Å². The Morgan fingerprint density at radius 3 is 2.47 bits per heavy atom. The molecule has 0 radical (unpaired) electrons. The van der Waals surface area contributed by atoms with E-state index < -0.39 is 33.3 Å². The molecule has 1 aromatic heterocycles. The van der Waals surface area contributed by atoms with Crippen LogP contribution >= 0.6 is 0 Å². The summed E-state index contributed by atoms with van der Waals surface area (Å²) in [5, 5.41) is 3.08. The van der Waals surface area contributed by atoms with Crippen LogP contribution in [0.5, 0.6) is 11.5 Å². The molecule has 0 aliphatic rings. The molecule has 0 bridgehead atoms. The second kappa shape index (κ2) is 10.4. The minimum atomic E-state index is -3.34. The molecule has 4 rings (SSSR count). The third-order valence-corrected chi connectivity index (χ3v) is 16.1. The first-order valence-electron chi connectivity index (χ1n) is 10.9. The van der Waals surface area contributed by atoms with Crippen LogP contribution in [0.3, 0.4) is 0 Å². The van der Waals surface area contributed by atoms with Crippen LogP contribution in [0.25, 0.3) is 22.3 Å². The Labute approximate surface area is 212 Å². The minimum absolute atomic E-state index is 0.166. The number of carbonyl (C=O) groups excluding carboxylic acids is 1. The first kappa shape index (κ1) is 25.8. The molecule has 188 valence electrons. The molecule has 7 nitrogen and oxygen atoms in total. The van der Waals surface area contributed by atoms with E-state index in [1.807, 2.05) is 24.3 Å². The van der Waals surface area contributed by atoms with Gasteiger partial charge in [-0.15, -0.1) is 0 Å². The molecule has 0 fully saturated rings. The molecule has 1 unspecified atom stereocenters. The number of ether oxygens (including phenoxy) is 2. The Hall–Kier alpha value is -3.29. The standard InChI is InChI=1S/C26H25AsFNO6S/c1-27(36(4,31)32)21-14-22-20(13-23(21)34-15-16-6-5-7-19(12-16)33-3)24(26(30)29-2)25(35-22)17-8-10-18(28)11-9-17/h5-14H,15H2,1-4H3,(H,29,30). The number of halogens is 1. The van der Waals surface area contributed by atoms with Crippen molar-refractivity contribution < 1.29 is 31.5 Å². The number of amides is 1. The van der Waals surface area contributed by atoms with E-state index in [4.69, 9.17) is 13.9 Å². The molecular formula is C26H25AsFNO6S. The summed E-state index contributed by atoms with van der Waals surface area (Å²) in [7, 11) is -0.263. The van der Waals surface area contributed by atoms with E-state index in [9.17, 15) is 17.6 Å². The summed E-state index contributed by atoms with van der Waals surface area (Å²) in [6.45, 7) is 0.166. The van der Waals surface area contributed by atoms with Gasteiger partial charge in [0.1, 0.15) is 0 Å². The number of methoxy groups -OCH3 is 1. The van der Waals surface area contributed by atoms with Crippen molar-refractivity contribution in [3.8, 4) is 22.8 Å². The molecule has 1 N–H and O–H groups in total. The predicted molar refractivity (Wildman–Crippen MR) is 138 cm³/mol. The summed E-state index contributed by atoms with van der Waals surface area (Å²) in [6, 6.07) is 16.3. The van der Waals surface area contributed by atoms with E-state index in [1.165, 1.54) is 37.6 Å². The van der Waals surface area contributed by atoms with Crippen molar-refractivity contribution in [3.63, 3.8) is 0 Å². The summed E-state index contributed by atoms with van der Waals surface area (Å²) in [5.41, 5.74) is 3.67. The van der Waals surface area contributed by atoms with Gasteiger partial charge in [-0.25, -0.2) is 0 Å². The molecular weight excluding hydrogens is 548 g/mol. The molecule has 0 saturated heterocycles. The van der Waals surface area contributed by atoms with Crippen LogP contribution in [0.15, 0.2) is 65.1 Å². The Morgan fingerprint density at radius 1 is 1.11 bits per heavy atom. The molecule has 0 aliphatic heterocycles. The molecule has 4 aromatic rings. The van der Waals surface area contributed by atoms with Crippen molar-refractivity contribution >= 4 is 42.8 Å². The van der Waals surface area contributed by atoms with Gasteiger partial charge in [0.2, 0.25) is 0 Å². The molecule has 36 heavy (non-hydrogen) atoms. The van der Waals surface area contributed by atoms with Crippen molar-refractivity contribution in [1.29, 1.82) is 0 Å². The summed E-state index contributed by atoms with van der Waals surface area (Å²) in [6.07, 6.45) is 1.21. The van der Waals surface area contributed by atoms with Gasteiger partial charge in [0.25, 0.3) is 0 Å². The predicted octanol–water partition coefficient (Wildman–Crippen LogP) is 4.06. The Morgan fingerprint density at radius 2 is 1.83 bits per heavy atom. The first-order chi connectivity index (χ1) is 17.1. The summed E-state index contributed by atoms with van der Waals surface area (Å²) >= 11 is -2.63. The summed E-state index contributed by atoms with van der Waals surface area (Å²) < 4.78 is 56.6. The fourth-order valence-corrected chi connectivity index (χ4v) is 8.63. The van der Waals surface area contributed by atoms with Gasteiger partial charge in [-0.2, -0.15) is 0 Å². The van der Waals surface area contributed by atoms with Gasteiger partial charge < -0.3 is 0 Å². The molecule has 0 aliphatic carbocycles. The number of furan rings is 1. The van der Waals surface area contributed by atoms with Crippen molar-refractivity contribution in [1.82, 2.24) is 5.32 Å². The monoisotopic (exact) mass is 573 g/mol. The molecule has 1 atom stereocenters. The van der Waals surface area contributed by atoms with Crippen molar-refractivity contribution in [2.75, 3.05) is 20.4 Å². The molecule has 3 aromatic carbocycles. The number of carbonyl (C=O) groups is 1. The Bertz CT molecular complexity index is 1530. The zero-order chi connectivity index (χ0) is 26.0. The van der Waals surface area contributed by atoms with Crippen LogP contribution < -0.4 is 19.1 Å². The number of benzene rings is 3. The number of hydrogen-bond acceptors (Lipinski definition) is 6. The quantitative estimate of drug-likeness (QED) is 0.320. The molecule has 1 heterocycles. The third kappa shape index (κ3) is 5.27. The molecule has 0 spiro atoms. The van der Waals surface area contributed by atoms with Gasteiger partial charge in [-0.05, 0) is 0 Å². The van der Waals surface area contributed by atoms with Gasteiger partial charge in [0.15, 0.2) is 0 Å². The molecule has 1 amide bonds. The van der Waals surface area contributed by atoms with Crippen molar-refractivity contribution in [2.24, 2.45) is 0 Å². The van der Waals surface area contributed by atoms with E-state index in [0.29, 0.717) is 32.4 Å². The van der Waals surface area contributed by atoms with Crippen LogP contribution in [0.1, 0.15) is 15.9 Å². The fourth-order valence-electron chi connectivity index (χ4n) is 3.73. The number of hydrogen-bond donors (Lipinski definition) is 1. The molecule has 0 saturated carbocycles. The fraction of sp³-hybridized carbons (Fsp3) is 0.192. The van der Waals surface area contributed by atoms with Crippen LogP contribution in [-0.2, 0) is 14.7 Å². The normalized spacial score (nSPS) is 12.4. The van der Waals surface area contributed by atoms with E-state index in [-0.39, 0.29) is 17.9 Å². The Balaban J connectivity index is 1.89. The van der Waals surface area contributed by atoms with Gasteiger partial charge in [-0.3, -0.25) is 0 Å². The van der Waals surface area contributed by atoms with Gasteiger partial charge in [-0.1, -0.05) is 0 Å². The molecule has 10 heteroatoms. The van der Waals surface area contributed by atoms with Gasteiger partial charge in [0.05, 0.1) is 0 Å². The SMILES string of the molecule is CNC(=O)c1c(-c2ccc(F)cc2)oc2cc([As](C)S(C)(=O)=O)c(OCc3cccc(OC)c3)cc12. The topological polar surface area (TPSA) is 94.8 Å². The van der Waals surface area contributed by atoms with Crippen LogP contribution in [-0.4, -0.2) is 48.2 Å². The van der Waals surface area contributed by atoms with Crippen LogP contribution in [0, 0.1) is 5.82 Å². The van der Waals surface area contributed by atoms with E-state index >= 15 is 0 Å². The maximum absolute atomic E-state index is 13.5. The Kier molecular flexibility index (Phi) is 7.43. The third-order valence-electron chi connectivity index (χ3n) is 5.70. The zero-order valence-electron chi connectivity index (χ0n) is 20.2. The number of nitrogens with one attached hydrogen (secondary N) is 1. The van der Waals surface area contributed by atoms with E-state index in [1.54, 1.807) is 25.0 Å². The maximum atomic E-state index is 13.5. The summed E-state index contributed by atoms with van der Waals surface area (Å²) in [4.78, 5) is 12.9. The van der Waals surface area contributed by atoms with Crippen molar-refractivity contribution in [3.05, 3.63) is 77.6 Å². The second-order valence-corrected chi connectivity index (χ2v) is 19.7.